The van der Waals surface area contributed by atoms with Crippen LogP contribution in [0.5, 0.6) is 0 Å². The smallest absolute Gasteiger partial charge is 0.313 e. The number of ether oxygens (including phenoxy) is 3. The fourth-order valence-corrected chi connectivity index (χ4v) is 9.92. The number of aliphatic hydroxyl groups excluding tert-OH is 1. The fourth-order valence-electron chi connectivity index (χ4n) is 8.98. The Morgan fingerprint density at radius 2 is 1.75 bits per heavy atom. The van der Waals surface area contributed by atoms with E-state index < -0.39 is 66.3 Å². The summed E-state index contributed by atoms with van der Waals surface area (Å²) >= 11 is 3.78. The number of alkyl halides is 1. The predicted octanol–water partition coefficient (Wildman–Crippen LogP) is 3.78. The largest absolute Gasteiger partial charge is 0.455 e. The number of allylic oxidation sites excluding steroid dienone is 1. The Kier molecular flexibility index (Phi) is 13.9. The number of morpholine rings is 1. The van der Waals surface area contributed by atoms with E-state index in [4.69, 9.17) is 14.2 Å². The average Bonchev–Trinajstić information content (AvgIpc) is 3.82. The van der Waals surface area contributed by atoms with Crippen LogP contribution < -0.4 is 0 Å². The highest BCUT2D eigenvalue weighted by Gasteiger charge is 2.77. The zero-order valence-corrected chi connectivity index (χ0v) is 34.0. The van der Waals surface area contributed by atoms with E-state index in [9.17, 15) is 14.7 Å². The first kappa shape index (κ1) is 41.7. The van der Waals surface area contributed by atoms with Gasteiger partial charge < -0.3 is 34.0 Å². The van der Waals surface area contributed by atoms with Crippen LogP contribution in [0.2, 0.25) is 0 Å². The second kappa shape index (κ2) is 18.6. The Labute approximate surface area is 338 Å². The summed E-state index contributed by atoms with van der Waals surface area (Å²) in [5.74, 6) is -3.60. The summed E-state index contributed by atoms with van der Waals surface area (Å²) in [6.45, 7) is 13.1. The van der Waals surface area contributed by atoms with Crippen LogP contribution in [0.25, 0.3) is 0 Å². The number of rotatable bonds is 18. The minimum atomic E-state index is -1.37. The van der Waals surface area contributed by atoms with E-state index in [-0.39, 0.29) is 29.6 Å². The standard InChI is InChI=1S/C43H55BrN4O8/c1-5-7-18-34(50)45(4)29(3)37(31-16-12-9-13-17-31)55-42(53)35-36-40(51)48(32(28-49)26-30-14-10-8-11-15-30)39(43(36)27-33(44)38(35)56-43)41(52)47(19-6-2)21-20-46-22-24-54-25-23-46/h5-6,8-17,29,32-33,35-39,49H,1-2,7,18-28H2,3-4H3/t29-,32+,33?,35-,36+,37+,38-,39-,43+/m0/s1. The zero-order chi connectivity index (χ0) is 40.0. The number of benzene rings is 2. The molecule has 12 nitrogen and oxygen atoms in total. The molecule has 6 rings (SSSR count). The Balaban J connectivity index is 1.36. The van der Waals surface area contributed by atoms with Gasteiger partial charge in [-0.25, -0.2) is 0 Å². The van der Waals surface area contributed by atoms with E-state index in [2.05, 4.69) is 34.0 Å². The highest BCUT2D eigenvalue weighted by Crippen LogP contribution is 2.61. The van der Waals surface area contributed by atoms with Crippen molar-refractivity contribution in [3.8, 4) is 0 Å². The number of carbonyl (C=O) groups excluding carboxylic acids is 4. The number of fused-ring (bicyclic) bond motifs is 1. The average molecular weight is 836 g/mol. The number of nitrogens with zero attached hydrogens (tertiary/aromatic N) is 4. The molecule has 0 aliphatic carbocycles. The Morgan fingerprint density at radius 1 is 1.07 bits per heavy atom. The molecule has 2 aromatic rings. The molecule has 1 spiro atoms. The van der Waals surface area contributed by atoms with Gasteiger partial charge in [0.2, 0.25) is 17.7 Å². The summed E-state index contributed by atoms with van der Waals surface area (Å²) in [7, 11) is 1.69. The first-order valence-corrected chi connectivity index (χ1v) is 20.6. The molecule has 9 atom stereocenters. The van der Waals surface area contributed by atoms with Crippen LogP contribution >= 0.6 is 15.9 Å². The molecule has 2 bridgehead atoms. The molecule has 4 heterocycles. The number of halogens is 1. The molecule has 0 saturated carbocycles. The number of esters is 1. The van der Waals surface area contributed by atoms with Crippen LogP contribution in [0.1, 0.15) is 43.4 Å². The van der Waals surface area contributed by atoms with Crippen LogP contribution in [-0.2, 0) is 39.8 Å². The molecule has 302 valence electrons. The van der Waals surface area contributed by atoms with E-state index >= 15 is 9.59 Å². The van der Waals surface area contributed by atoms with Crippen molar-refractivity contribution in [2.75, 3.05) is 59.6 Å². The number of hydrogen-bond acceptors (Lipinski definition) is 9. The molecule has 1 N–H and O–H groups in total. The monoisotopic (exact) mass is 834 g/mol. The van der Waals surface area contributed by atoms with Gasteiger partial charge in [0.05, 0.1) is 49.8 Å². The van der Waals surface area contributed by atoms with Crippen LogP contribution in [0.3, 0.4) is 0 Å². The van der Waals surface area contributed by atoms with Gasteiger partial charge in [-0.3, -0.25) is 24.1 Å². The summed E-state index contributed by atoms with van der Waals surface area (Å²) < 4.78 is 18.8. The summed E-state index contributed by atoms with van der Waals surface area (Å²) in [4.78, 5) is 64.8. The second-order valence-electron chi connectivity index (χ2n) is 15.3. The lowest BCUT2D eigenvalue weighted by Gasteiger charge is -2.40. The van der Waals surface area contributed by atoms with E-state index in [1.54, 1.807) is 29.0 Å². The van der Waals surface area contributed by atoms with Gasteiger partial charge in [0.25, 0.3) is 0 Å². The minimum Gasteiger partial charge on any atom is -0.455 e. The van der Waals surface area contributed by atoms with Gasteiger partial charge in [0, 0.05) is 51.0 Å². The number of amides is 3. The normalized spacial score (nSPS) is 27.2. The van der Waals surface area contributed by atoms with Crippen molar-refractivity contribution >= 4 is 39.6 Å². The lowest BCUT2D eigenvalue weighted by Crippen LogP contribution is -2.60. The lowest BCUT2D eigenvalue weighted by atomic mass is 9.70. The molecule has 4 saturated heterocycles. The quantitative estimate of drug-likeness (QED) is 0.136. The highest BCUT2D eigenvalue weighted by molar-refractivity contribution is 9.09. The Hall–Kier alpha value is -3.88. The Bertz CT molecular complexity index is 1710. The number of likely N-dealkylation sites (tertiary alicyclic amines) is 1. The molecular weight excluding hydrogens is 780 g/mol. The van der Waals surface area contributed by atoms with Crippen molar-refractivity contribution in [3.05, 3.63) is 97.1 Å². The van der Waals surface area contributed by atoms with Gasteiger partial charge in [0.15, 0.2) is 0 Å². The van der Waals surface area contributed by atoms with E-state index in [1.807, 2.05) is 67.6 Å². The summed E-state index contributed by atoms with van der Waals surface area (Å²) in [6.07, 6.45) is 3.12. The molecule has 0 radical (unpaired) electrons. The lowest BCUT2D eigenvalue weighted by molar-refractivity contribution is -0.165. The van der Waals surface area contributed by atoms with Gasteiger partial charge in [-0.15, -0.1) is 13.2 Å². The Morgan fingerprint density at radius 3 is 2.39 bits per heavy atom. The van der Waals surface area contributed by atoms with Crippen molar-refractivity contribution in [2.45, 2.75) is 73.4 Å². The third-order valence-electron chi connectivity index (χ3n) is 12.0. The second-order valence-corrected chi connectivity index (χ2v) is 16.5. The molecule has 3 amide bonds. The summed E-state index contributed by atoms with van der Waals surface area (Å²) in [5.41, 5.74) is 0.216. The van der Waals surface area contributed by atoms with Crippen LogP contribution in [-0.4, -0.2) is 143 Å². The summed E-state index contributed by atoms with van der Waals surface area (Å²) in [5, 5.41) is 11.0. The third-order valence-corrected chi connectivity index (χ3v) is 12.8. The maximum atomic E-state index is 15.1. The SMILES string of the molecule is C=CCCC(=O)N(C)[C@@H](C)[C@@H](OC(=O)[C@@H]1[C@H]2O[C@@]3(CC2Br)[C@H](C(=O)N(CC=C)CCN2CCOCC2)N([C@@H](CO)Cc2ccccc2)C(=O)[C@@H]13)c1ccccc1. The number of carbonyl (C=O) groups is 4. The zero-order valence-electron chi connectivity index (χ0n) is 32.4. The molecule has 0 aromatic heterocycles. The maximum absolute atomic E-state index is 15.1. The van der Waals surface area contributed by atoms with Crippen molar-refractivity contribution in [3.63, 3.8) is 0 Å². The first-order chi connectivity index (χ1) is 27.1. The van der Waals surface area contributed by atoms with E-state index in [0.29, 0.717) is 51.1 Å². The van der Waals surface area contributed by atoms with Crippen LogP contribution in [0.15, 0.2) is 86.0 Å². The molecule has 4 aliphatic rings. The molecular formula is C43H55BrN4O8. The highest BCUT2D eigenvalue weighted by atomic mass is 79.9. The number of aliphatic hydroxyl groups is 1. The molecule has 2 aromatic carbocycles. The van der Waals surface area contributed by atoms with E-state index in [0.717, 1.165) is 18.7 Å². The van der Waals surface area contributed by atoms with Crippen LogP contribution in [0.4, 0.5) is 0 Å². The van der Waals surface area contributed by atoms with E-state index in [1.165, 1.54) is 4.90 Å². The maximum Gasteiger partial charge on any atom is 0.313 e. The van der Waals surface area contributed by atoms with Crippen molar-refractivity contribution in [2.24, 2.45) is 11.8 Å². The van der Waals surface area contributed by atoms with Crippen molar-refractivity contribution in [1.82, 2.24) is 19.6 Å². The topological polar surface area (TPSA) is 129 Å². The van der Waals surface area contributed by atoms with Crippen molar-refractivity contribution < 1.29 is 38.5 Å². The van der Waals surface area contributed by atoms with Gasteiger partial charge in [-0.2, -0.15) is 0 Å². The van der Waals surface area contributed by atoms with Crippen molar-refractivity contribution in [1.29, 1.82) is 0 Å². The van der Waals surface area contributed by atoms with Gasteiger partial charge in [-0.1, -0.05) is 88.7 Å². The summed E-state index contributed by atoms with van der Waals surface area (Å²) in [6, 6.07) is 16.3. The number of likely N-dealkylation sites (N-methyl/N-ethyl adjacent to an activating group) is 1. The van der Waals surface area contributed by atoms with Crippen LogP contribution in [0, 0.1) is 11.8 Å². The molecule has 4 aliphatic heterocycles. The van der Waals surface area contributed by atoms with Gasteiger partial charge in [0.1, 0.15) is 17.7 Å². The fraction of sp³-hybridized carbons (Fsp3) is 0.535. The third kappa shape index (κ3) is 8.38. The van der Waals surface area contributed by atoms with Gasteiger partial charge in [-0.05, 0) is 37.3 Å². The van der Waals surface area contributed by atoms with Gasteiger partial charge >= 0.3 is 5.97 Å². The minimum absolute atomic E-state index is 0.119. The predicted molar refractivity (Wildman–Crippen MR) is 215 cm³/mol. The molecule has 13 heteroatoms. The molecule has 1 unspecified atom stereocenters. The number of hydrogen-bond donors (Lipinski definition) is 1. The molecule has 4 fully saturated rings. The molecule has 56 heavy (non-hydrogen) atoms. The first-order valence-electron chi connectivity index (χ1n) is 19.7.